The smallest absolute Gasteiger partial charge is 0.310 e. The maximum Gasteiger partial charge on any atom is 0.310 e. The number of carbonyl (C=O) groups is 1. The number of esters is 1. The highest BCUT2D eigenvalue weighted by molar-refractivity contribution is 5.87. The fourth-order valence-corrected chi connectivity index (χ4v) is 1.82. The van der Waals surface area contributed by atoms with E-state index in [4.69, 9.17) is 10.00 Å². The molecule has 0 saturated carbocycles. The van der Waals surface area contributed by atoms with Crippen molar-refractivity contribution < 1.29 is 9.53 Å². The second-order valence-electron chi connectivity index (χ2n) is 4.02. The van der Waals surface area contributed by atoms with Gasteiger partial charge in [0.2, 0.25) is 0 Å². The van der Waals surface area contributed by atoms with Gasteiger partial charge in [-0.3, -0.25) is 4.79 Å². The number of hydrogen-bond acceptors (Lipinski definition) is 3. The average Bonchev–Trinajstić information content (AvgIpc) is 2.78. The zero-order chi connectivity index (χ0) is 12.8. The van der Waals surface area contributed by atoms with Crippen molar-refractivity contribution in [3.8, 4) is 6.07 Å². The molecular formula is C14H14N2O2. The van der Waals surface area contributed by atoms with Crippen LogP contribution in [0.4, 0.5) is 0 Å². The average molecular weight is 242 g/mol. The van der Waals surface area contributed by atoms with Gasteiger partial charge < -0.3 is 9.72 Å². The van der Waals surface area contributed by atoms with Gasteiger partial charge in [0.15, 0.2) is 0 Å². The van der Waals surface area contributed by atoms with Crippen molar-refractivity contribution in [2.45, 2.75) is 19.3 Å². The Bertz CT molecular complexity index is 581. The third kappa shape index (κ3) is 2.89. The van der Waals surface area contributed by atoms with Gasteiger partial charge in [0.1, 0.15) is 0 Å². The van der Waals surface area contributed by atoms with Gasteiger partial charge in [-0.15, -0.1) is 0 Å². The van der Waals surface area contributed by atoms with E-state index in [-0.39, 0.29) is 12.4 Å². The number of fused-ring (bicyclic) bond motifs is 1. The first-order chi connectivity index (χ1) is 8.81. The number of nitrogens with zero attached hydrogens (tertiary/aromatic N) is 1. The Morgan fingerprint density at radius 3 is 3.06 bits per heavy atom. The number of carbonyl (C=O) groups excluding carboxylic acids is 1. The zero-order valence-corrected chi connectivity index (χ0v) is 9.98. The maximum absolute atomic E-state index is 11.6. The molecule has 1 aromatic carbocycles. The second-order valence-corrected chi connectivity index (χ2v) is 4.02. The summed E-state index contributed by atoms with van der Waals surface area (Å²) in [4.78, 5) is 14.7. The minimum atomic E-state index is -0.252. The molecule has 4 nitrogen and oxygen atoms in total. The minimum Gasteiger partial charge on any atom is -0.465 e. The van der Waals surface area contributed by atoms with Crippen LogP contribution < -0.4 is 0 Å². The number of benzene rings is 1. The van der Waals surface area contributed by atoms with Crippen LogP contribution in [-0.4, -0.2) is 17.6 Å². The summed E-state index contributed by atoms with van der Waals surface area (Å²) < 4.78 is 5.06. The summed E-state index contributed by atoms with van der Waals surface area (Å²) in [6.45, 7) is 0.314. The fraction of sp³-hybridized carbons (Fsp3) is 0.286. The predicted octanol–water partition coefficient (Wildman–Crippen LogP) is 2.56. The summed E-state index contributed by atoms with van der Waals surface area (Å²) in [5, 5.41) is 9.41. The summed E-state index contributed by atoms with van der Waals surface area (Å²) >= 11 is 0. The number of para-hydroxylation sites is 1. The molecule has 0 amide bonds. The molecule has 0 aliphatic carbocycles. The molecule has 0 atom stereocenters. The van der Waals surface area contributed by atoms with E-state index in [9.17, 15) is 4.79 Å². The van der Waals surface area contributed by atoms with E-state index in [2.05, 4.69) is 4.98 Å². The van der Waals surface area contributed by atoms with E-state index in [0.717, 1.165) is 16.5 Å². The highest BCUT2D eigenvalue weighted by Crippen LogP contribution is 2.18. The Labute approximate surface area is 105 Å². The highest BCUT2D eigenvalue weighted by Gasteiger charge is 2.09. The first kappa shape index (κ1) is 12.2. The molecule has 0 fully saturated rings. The van der Waals surface area contributed by atoms with Crippen LogP contribution in [0, 0.1) is 11.3 Å². The van der Waals surface area contributed by atoms with Crippen LogP contribution >= 0.6 is 0 Å². The summed E-state index contributed by atoms with van der Waals surface area (Å²) in [6, 6.07) is 9.85. The third-order valence-corrected chi connectivity index (χ3v) is 2.71. The van der Waals surface area contributed by atoms with E-state index in [1.54, 1.807) is 0 Å². The van der Waals surface area contributed by atoms with Crippen LogP contribution in [0.1, 0.15) is 18.4 Å². The molecule has 0 spiro atoms. The second kappa shape index (κ2) is 5.87. The van der Waals surface area contributed by atoms with Crippen molar-refractivity contribution in [2.24, 2.45) is 0 Å². The van der Waals surface area contributed by atoms with Gasteiger partial charge in [0.25, 0.3) is 0 Å². The number of aromatic nitrogens is 1. The Kier molecular flexibility index (Phi) is 3.98. The SMILES string of the molecule is N#CCCCOC(=O)Cc1c[nH]c2ccccc12. The lowest BCUT2D eigenvalue weighted by Gasteiger charge is -2.02. The highest BCUT2D eigenvalue weighted by atomic mass is 16.5. The summed E-state index contributed by atoms with van der Waals surface area (Å²) in [5.74, 6) is -0.252. The Morgan fingerprint density at radius 2 is 2.22 bits per heavy atom. The number of aromatic amines is 1. The van der Waals surface area contributed by atoms with E-state index in [0.29, 0.717) is 19.4 Å². The van der Waals surface area contributed by atoms with Gasteiger partial charge in [-0.1, -0.05) is 18.2 Å². The molecule has 0 radical (unpaired) electrons. The van der Waals surface area contributed by atoms with Gasteiger partial charge in [0.05, 0.1) is 19.1 Å². The molecular weight excluding hydrogens is 228 g/mol. The number of H-pyrrole nitrogens is 1. The van der Waals surface area contributed by atoms with E-state index in [1.165, 1.54) is 0 Å². The molecule has 4 heteroatoms. The molecule has 18 heavy (non-hydrogen) atoms. The van der Waals surface area contributed by atoms with Crippen LogP contribution in [0.2, 0.25) is 0 Å². The number of nitriles is 1. The summed E-state index contributed by atoms with van der Waals surface area (Å²) in [6.07, 6.45) is 3.11. The fourth-order valence-electron chi connectivity index (χ4n) is 1.82. The van der Waals surface area contributed by atoms with Crippen LogP contribution in [0.25, 0.3) is 10.9 Å². The minimum absolute atomic E-state index is 0.252. The van der Waals surface area contributed by atoms with Crippen LogP contribution in [-0.2, 0) is 16.0 Å². The molecule has 2 aromatic rings. The Balaban J connectivity index is 1.93. The van der Waals surface area contributed by atoms with E-state index in [1.807, 2.05) is 36.5 Å². The van der Waals surface area contributed by atoms with Gasteiger partial charge in [-0.25, -0.2) is 0 Å². The first-order valence-corrected chi connectivity index (χ1v) is 5.89. The van der Waals surface area contributed by atoms with Crippen molar-refractivity contribution in [1.29, 1.82) is 5.26 Å². The normalized spacial score (nSPS) is 10.2. The molecule has 0 aliphatic rings. The number of unbranched alkanes of at least 4 members (excludes halogenated alkanes) is 1. The molecule has 1 aromatic heterocycles. The Hall–Kier alpha value is -2.28. The molecule has 92 valence electrons. The molecule has 1 N–H and O–H groups in total. The van der Waals surface area contributed by atoms with E-state index < -0.39 is 0 Å². The molecule has 1 heterocycles. The van der Waals surface area contributed by atoms with Crippen molar-refractivity contribution in [3.05, 3.63) is 36.0 Å². The summed E-state index contributed by atoms with van der Waals surface area (Å²) in [5.41, 5.74) is 1.96. The predicted molar refractivity (Wildman–Crippen MR) is 67.8 cm³/mol. The molecule has 0 bridgehead atoms. The first-order valence-electron chi connectivity index (χ1n) is 5.89. The van der Waals surface area contributed by atoms with Crippen molar-refractivity contribution in [3.63, 3.8) is 0 Å². The van der Waals surface area contributed by atoms with E-state index >= 15 is 0 Å². The Morgan fingerprint density at radius 1 is 1.39 bits per heavy atom. The molecule has 0 saturated heterocycles. The maximum atomic E-state index is 11.6. The van der Waals surface area contributed by atoms with Crippen molar-refractivity contribution in [2.75, 3.05) is 6.61 Å². The van der Waals surface area contributed by atoms with Crippen LogP contribution in [0.5, 0.6) is 0 Å². The number of hydrogen-bond donors (Lipinski definition) is 1. The lowest BCUT2D eigenvalue weighted by Crippen LogP contribution is -2.08. The molecule has 2 rings (SSSR count). The van der Waals surface area contributed by atoms with Crippen LogP contribution in [0.3, 0.4) is 0 Å². The molecule has 0 aliphatic heterocycles. The lowest BCUT2D eigenvalue weighted by atomic mass is 10.1. The number of ether oxygens (including phenoxy) is 1. The van der Waals surface area contributed by atoms with Crippen LogP contribution in [0.15, 0.2) is 30.5 Å². The van der Waals surface area contributed by atoms with Gasteiger partial charge in [-0.05, 0) is 18.1 Å². The topological polar surface area (TPSA) is 65.9 Å². The summed E-state index contributed by atoms with van der Waals surface area (Å²) in [7, 11) is 0. The van der Waals surface area contributed by atoms with Gasteiger partial charge >= 0.3 is 5.97 Å². The quantitative estimate of drug-likeness (QED) is 0.647. The van der Waals surface area contributed by atoms with Gasteiger partial charge in [0, 0.05) is 23.5 Å². The number of nitrogens with one attached hydrogen (secondary N) is 1. The zero-order valence-electron chi connectivity index (χ0n) is 9.98. The van der Waals surface area contributed by atoms with Gasteiger partial charge in [-0.2, -0.15) is 5.26 Å². The lowest BCUT2D eigenvalue weighted by molar-refractivity contribution is -0.142. The van der Waals surface area contributed by atoms with Crippen molar-refractivity contribution >= 4 is 16.9 Å². The number of rotatable bonds is 5. The third-order valence-electron chi connectivity index (χ3n) is 2.71. The molecule has 0 unspecified atom stereocenters. The standard InChI is InChI=1S/C14H14N2O2/c15-7-3-4-8-18-14(17)9-11-10-16-13-6-2-1-5-12(11)13/h1-2,5-6,10,16H,3-4,8-9H2. The largest absolute Gasteiger partial charge is 0.465 e. The monoisotopic (exact) mass is 242 g/mol. The van der Waals surface area contributed by atoms with Crippen molar-refractivity contribution in [1.82, 2.24) is 4.98 Å².